The highest BCUT2D eigenvalue weighted by molar-refractivity contribution is 5.90. The predicted octanol–water partition coefficient (Wildman–Crippen LogP) is 2.06. The molecule has 3 rings (SSSR count). The number of carbonyl (C=O) groups excluding carboxylic acids is 2. The Balaban J connectivity index is 1.69. The van der Waals surface area contributed by atoms with Crippen LogP contribution in [0.2, 0.25) is 0 Å². The predicted molar refractivity (Wildman–Crippen MR) is 94.5 cm³/mol. The second-order valence-electron chi connectivity index (χ2n) is 6.34. The summed E-state index contributed by atoms with van der Waals surface area (Å²) in [5, 5.41) is 13.0. The van der Waals surface area contributed by atoms with Crippen molar-refractivity contribution in [2.45, 2.75) is 18.6 Å². The van der Waals surface area contributed by atoms with Crippen LogP contribution in [0.5, 0.6) is 0 Å². The van der Waals surface area contributed by atoms with Crippen molar-refractivity contribution in [3.63, 3.8) is 0 Å². The molecule has 130 valence electrons. The number of benzene rings is 2. The molecular weight excluding hydrogens is 316 g/mol. The second kappa shape index (κ2) is 7.49. The van der Waals surface area contributed by atoms with Crippen molar-refractivity contribution in [1.29, 1.82) is 0 Å². The van der Waals surface area contributed by atoms with Crippen LogP contribution in [0, 0.1) is 5.92 Å². The molecule has 1 saturated heterocycles. The largest absolute Gasteiger partial charge is 0.387 e. The fourth-order valence-corrected chi connectivity index (χ4v) is 3.33. The van der Waals surface area contributed by atoms with Crippen LogP contribution in [0.15, 0.2) is 60.7 Å². The Bertz CT molecular complexity index is 733. The number of aliphatic hydroxyl groups excluding tert-OH is 1. The van der Waals surface area contributed by atoms with Crippen molar-refractivity contribution in [3.05, 3.63) is 71.8 Å². The average Bonchev–Trinajstić information content (AvgIpc) is 2.96. The molecule has 1 heterocycles. The van der Waals surface area contributed by atoms with Crippen LogP contribution in [-0.4, -0.2) is 35.4 Å². The molecule has 2 aromatic rings. The first-order chi connectivity index (χ1) is 12.1. The van der Waals surface area contributed by atoms with E-state index in [-0.39, 0.29) is 30.8 Å². The number of nitrogens with one attached hydrogen (secondary N) is 1. The van der Waals surface area contributed by atoms with Crippen LogP contribution >= 0.6 is 0 Å². The molecule has 2 amide bonds. The number of likely N-dealkylation sites (tertiary alicyclic amines) is 1. The van der Waals surface area contributed by atoms with Crippen molar-refractivity contribution >= 4 is 11.8 Å². The van der Waals surface area contributed by atoms with Crippen LogP contribution in [0.25, 0.3) is 0 Å². The normalized spacial score (nSPS) is 21.2. The van der Waals surface area contributed by atoms with E-state index in [0.29, 0.717) is 0 Å². The first-order valence-corrected chi connectivity index (χ1v) is 8.39. The Morgan fingerprint density at radius 2 is 1.76 bits per heavy atom. The number of rotatable bonds is 5. The van der Waals surface area contributed by atoms with Gasteiger partial charge in [0.15, 0.2) is 0 Å². The molecule has 0 unspecified atom stereocenters. The summed E-state index contributed by atoms with van der Waals surface area (Å²) in [6.07, 6.45) is -0.585. The molecule has 5 heteroatoms. The third-order valence-electron chi connectivity index (χ3n) is 4.72. The maximum absolute atomic E-state index is 12.7. The van der Waals surface area contributed by atoms with Crippen molar-refractivity contribution in [2.24, 2.45) is 5.92 Å². The first-order valence-electron chi connectivity index (χ1n) is 8.39. The molecule has 2 aromatic carbocycles. The van der Waals surface area contributed by atoms with Gasteiger partial charge in [-0.05, 0) is 11.1 Å². The average molecular weight is 338 g/mol. The standard InChI is InChI=1S/C20H22N2O3/c1-22-18(24)12-16(19(22)15-10-6-3-7-11-15)20(25)21-13-17(23)14-8-4-2-5-9-14/h2-11,16-17,19,23H,12-13H2,1H3,(H,21,25)/t16-,17-,19+/m0/s1. The molecule has 25 heavy (non-hydrogen) atoms. The minimum Gasteiger partial charge on any atom is -0.387 e. The van der Waals surface area contributed by atoms with Gasteiger partial charge in [0.25, 0.3) is 0 Å². The van der Waals surface area contributed by atoms with Crippen LogP contribution < -0.4 is 5.32 Å². The zero-order valence-electron chi connectivity index (χ0n) is 14.1. The number of aliphatic hydroxyl groups is 1. The van der Waals surface area contributed by atoms with Gasteiger partial charge in [-0.15, -0.1) is 0 Å². The summed E-state index contributed by atoms with van der Waals surface area (Å²) >= 11 is 0. The smallest absolute Gasteiger partial charge is 0.226 e. The van der Waals surface area contributed by atoms with Crippen LogP contribution in [-0.2, 0) is 9.59 Å². The van der Waals surface area contributed by atoms with E-state index >= 15 is 0 Å². The third-order valence-corrected chi connectivity index (χ3v) is 4.72. The Kier molecular flexibility index (Phi) is 5.14. The minimum absolute atomic E-state index is 0.0439. The zero-order chi connectivity index (χ0) is 17.8. The van der Waals surface area contributed by atoms with E-state index < -0.39 is 12.0 Å². The van der Waals surface area contributed by atoms with Gasteiger partial charge in [-0.3, -0.25) is 9.59 Å². The molecule has 0 saturated carbocycles. The zero-order valence-corrected chi connectivity index (χ0v) is 14.1. The third kappa shape index (κ3) is 3.72. The summed E-state index contributed by atoms with van der Waals surface area (Å²) in [5.41, 5.74) is 1.70. The van der Waals surface area contributed by atoms with Crippen molar-refractivity contribution in [2.75, 3.05) is 13.6 Å². The van der Waals surface area contributed by atoms with Gasteiger partial charge in [0.05, 0.1) is 18.1 Å². The lowest BCUT2D eigenvalue weighted by Crippen LogP contribution is -2.36. The van der Waals surface area contributed by atoms with Gasteiger partial charge in [-0.25, -0.2) is 0 Å². The van der Waals surface area contributed by atoms with E-state index in [2.05, 4.69) is 5.32 Å². The summed E-state index contributed by atoms with van der Waals surface area (Å²) in [7, 11) is 1.73. The van der Waals surface area contributed by atoms with Gasteiger partial charge in [-0.1, -0.05) is 60.7 Å². The minimum atomic E-state index is -0.768. The van der Waals surface area contributed by atoms with Crippen LogP contribution in [0.3, 0.4) is 0 Å². The molecule has 1 aliphatic heterocycles. The van der Waals surface area contributed by atoms with Gasteiger partial charge in [0.1, 0.15) is 0 Å². The van der Waals surface area contributed by atoms with Crippen molar-refractivity contribution < 1.29 is 14.7 Å². The van der Waals surface area contributed by atoms with Gasteiger partial charge >= 0.3 is 0 Å². The maximum Gasteiger partial charge on any atom is 0.226 e. The van der Waals surface area contributed by atoms with Gasteiger partial charge in [-0.2, -0.15) is 0 Å². The quantitative estimate of drug-likeness (QED) is 0.877. The number of hydrogen-bond acceptors (Lipinski definition) is 3. The lowest BCUT2D eigenvalue weighted by atomic mass is 9.93. The van der Waals surface area contributed by atoms with Gasteiger partial charge in [0, 0.05) is 20.0 Å². The van der Waals surface area contributed by atoms with Crippen molar-refractivity contribution in [1.82, 2.24) is 10.2 Å². The Morgan fingerprint density at radius 3 is 2.40 bits per heavy atom. The Labute approximate surface area is 147 Å². The molecule has 0 aliphatic carbocycles. The molecule has 0 spiro atoms. The summed E-state index contributed by atoms with van der Waals surface area (Å²) in [6.45, 7) is 0.124. The molecule has 0 radical (unpaired) electrons. The highest BCUT2D eigenvalue weighted by Gasteiger charge is 2.42. The lowest BCUT2D eigenvalue weighted by molar-refractivity contribution is -0.128. The monoisotopic (exact) mass is 338 g/mol. The van der Waals surface area contributed by atoms with E-state index in [1.54, 1.807) is 11.9 Å². The number of nitrogens with zero attached hydrogens (tertiary/aromatic N) is 1. The lowest BCUT2D eigenvalue weighted by Gasteiger charge is -2.25. The molecule has 5 nitrogen and oxygen atoms in total. The number of amides is 2. The van der Waals surface area contributed by atoms with E-state index in [1.165, 1.54) is 0 Å². The van der Waals surface area contributed by atoms with Crippen LogP contribution in [0.1, 0.15) is 29.7 Å². The number of hydrogen-bond donors (Lipinski definition) is 2. The van der Waals surface area contributed by atoms with Gasteiger partial charge in [0.2, 0.25) is 11.8 Å². The van der Waals surface area contributed by atoms with E-state index in [0.717, 1.165) is 11.1 Å². The van der Waals surface area contributed by atoms with Crippen LogP contribution in [0.4, 0.5) is 0 Å². The highest BCUT2D eigenvalue weighted by atomic mass is 16.3. The van der Waals surface area contributed by atoms with E-state index in [9.17, 15) is 14.7 Å². The molecule has 1 fully saturated rings. The molecule has 0 bridgehead atoms. The molecule has 2 N–H and O–H groups in total. The Hall–Kier alpha value is -2.66. The molecule has 0 aromatic heterocycles. The van der Waals surface area contributed by atoms with Crippen molar-refractivity contribution in [3.8, 4) is 0 Å². The summed E-state index contributed by atoms with van der Waals surface area (Å²) in [5.74, 6) is -0.706. The summed E-state index contributed by atoms with van der Waals surface area (Å²) < 4.78 is 0. The molecule has 1 aliphatic rings. The number of carbonyl (C=O) groups is 2. The first kappa shape index (κ1) is 17.2. The SMILES string of the molecule is CN1C(=O)C[C@H](C(=O)NC[C@H](O)c2ccccc2)[C@H]1c1ccccc1. The fourth-order valence-electron chi connectivity index (χ4n) is 3.33. The summed E-state index contributed by atoms with van der Waals surface area (Å²) in [6, 6.07) is 18.5. The fraction of sp³-hybridized carbons (Fsp3) is 0.300. The summed E-state index contributed by atoms with van der Waals surface area (Å²) in [4.78, 5) is 26.4. The Morgan fingerprint density at radius 1 is 1.16 bits per heavy atom. The molecule has 3 atom stereocenters. The van der Waals surface area contributed by atoms with E-state index in [1.807, 2.05) is 60.7 Å². The second-order valence-corrected chi connectivity index (χ2v) is 6.34. The van der Waals surface area contributed by atoms with E-state index in [4.69, 9.17) is 0 Å². The highest BCUT2D eigenvalue weighted by Crippen LogP contribution is 2.37. The van der Waals surface area contributed by atoms with Gasteiger partial charge < -0.3 is 15.3 Å². The maximum atomic E-state index is 12.7. The molecular formula is C20H22N2O3. The topological polar surface area (TPSA) is 69.6 Å².